The van der Waals surface area contributed by atoms with Crippen molar-refractivity contribution >= 4 is 0 Å². The maximum atomic E-state index is 13.3. The highest BCUT2D eigenvalue weighted by Gasteiger charge is 2.13. The molecule has 0 fully saturated rings. The van der Waals surface area contributed by atoms with Gasteiger partial charge in [0.25, 0.3) is 0 Å². The molecule has 1 atom stereocenters. The van der Waals surface area contributed by atoms with Crippen molar-refractivity contribution in [3.05, 3.63) is 35.4 Å². The SMILES string of the molecule is CC(C)CCCNCC(O)c1cc(F)ccc1F. The Labute approximate surface area is 107 Å². The van der Waals surface area contributed by atoms with Crippen molar-refractivity contribution in [2.45, 2.75) is 32.8 Å². The first kappa shape index (κ1) is 15.1. The predicted octanol–water partition coefficient (Wildman–Crippen LogP) is 3.02. The van der Waals surface area contributed by atoms with Crippen molar-refractivity contribution in [3.63, 3.8) is 0 Å². The number of aliphatic hydroxyl groups excluding tert-OH is 1. The Kier molecular flexibility index (Phi) is 6.22. The molecule has 102 valence electrons. The van der Waals surface area contributed by atoms with Crippen LogP contribution in [0.4, 0.5) is 8.78 Å². The number of hydrogen-bond donors (Lipinski definition) is 2. The summed E-state index contributed by atoms with van der Waals surface area (Å²) in [6.45, 7) is 5.30. The quantitative estimate of drug-likeness (QED) is 0.736. The summed E-state index contributed by atoms with van der Waals surface area (Å²) in [5, 5.41) is 12.8. The zero-order valence-corrected chi connectivity index (χ0v) is 10.9. The van der Waals surface area contributed by atoms with E-state index in [1.165, 1.54) is 0 Å². The molecule has 4 heteroatoms. The van der Waals surface area contributed by atoms with Gasteiger partial charge >= 0.3 is 0 Å². The number of halogens is 2. The van der Waals surface area contributed by atoms with Crippen molar-refractivity contribution in [1.82, 2.24) is 5.32 Å². The third-order valence-corrected chi connectivity index (χ3v) is 2.79. The maximum Gasteiger partial charge on any atom is 0.129 e. The molecule has 2 nitrogen and oxygen atoms in total. The average molecular weight is 257 g/mol. The molecule has 0 heterocycles. The molecule has 1 aromatic rings. The summed E-state index contributed by atoms with van der Waals surface area (Å²) in [7, 11) is 0. The van der Waals surface area contributed by atoms with Crippen LogP contribution in [-0.4, -0.2) is 18.2 Å². The fourth-order valence-electron chi connectivity index (χ4n) is 1.75. The lowest BCUT2D eigenvalue weighted by molar-refractivity contribution is 0.169. The van der Waals surface area contributed by atoms with Crippen LogP contribution in [0.3, 0.4) is 0 Å². The summed E-state index contributed by atoms with van der Waals surface area (Å²) in [6, 6.07) is 3.12. The van der Waals surface area contributed by atoms with Gasteiger partial charge in [-0.2, -0.15) is 0 Å². The van der Waals surface area contributed by atoms with Crippen LogP contribution >= 0.6 is 0 Å². The van der Waals surface area contributed by atoms with E-state index < -0.39 is 17.7 Å². The summed E-state index contributed by atoms with van der Waals surface area (Å²) in [5.41, 5.74) is 0.00589. The van der Waals surface area contributed by atoms with Gasteiger partial charge in [-0.1, -0.05) is 13.8 Å². The number of hydrogen-bond acceptors (Lipinski definition) is 2. The number of benzene rings is 1. The molecule has 0 aliphatic heterocycles. The smallest absolute Gasteiger partial charge is 0.129 e. The molecule has 1 rings (SSSR count). The molecule has 1 unspecified atom stereocenters. The lowest BCUT2D eigenvalue weighted by Gasteiger charge is -2.13. The van der Waals surface area contributed by atoms with E-state index in [1.807, 2.05) is 0 Å². The number of nitrogens with one attached hydrogen (secondary N) is 1. The second-order valence-electron chi connectivity index (χ2n) is 4.92. The lowest BCUT2D eigenvalue weighted by atomic mass is 10.1. The largest absolute Gasteiger partial charge is 0.387 e. The third kappa shape index (κ3) is 5.10. The molecule has 0 aliphatic rings. The summed E-state index contributed by atoms with van der Waals surface area (Å²) >= 11 is 0. The second kappa shape index (κ2) is 7.44. The van der Waals surface area contributed by atoms with Crippen molar-refractivity contribution in [1.29, 1.82) is 0 Å². The third-order valence-electron chi connectivity index (χ3n) is 2.79. The van der Waals surface area contributed by atoms with E-state index in [0.717, 1.165) is 37.6 Å². The highest BCUT2D eigenvalue weighted by Crippen LogP contribution is 2.17. The van der Waals surface area contributed by atoms with Gasteiger partial charge in [0.05, 0.1) is 6.10 Å². The zero-order chi connectivity index (χ0) is 13.5. The minimum absolute atomic E-state index is 0.00589. The fraction of sp³-hybridized carbons (Fsp3) is 0.571. The normalized spacial score (nSPS) is 13.0. The number of rotatable bonds is 7. The van der Waals surface area contributed by atoms with Crippen molar-refractivity contribution in [2.24, 2.45) is 5.92 Å². The van der Waals surface area contributed by atoms with Crippen LogP contribution in [-0.2, 0) is 0 Å². The molecule has 0 radical (unpaired) electrons. The molecule has 0 saturated heterocycles. The molecule has 0 aliphatic carbocycles. The van der Waals surface area contributed by atoms with Gasteiger partial charge in [0.2, 0.25) is 0 Å². The van der Waals surface area contributed by atoms with E-state index in [-0.39, 0.29) is 12.1 Å². The molecule has 0 spiro atoms. The molecule has 0 aromatic heterocycles. The molecule has 1 aromatic carbocycles. The lowest BCUT2D eigenvalue weighted by Crippen LogP contribution is -2.23. The standard InChI is InChI=1S/C14H21F2NO/c1-10(2)4-3-7-17-9-14(18)12-8-11(15)5-6-13(12)16/h5-6,8,10,14,17-18H,3-4,7,9H2,1-2H3. The van der Waals surface area contributed by atoms with Crippen molar-refractivity contribution in [3.8, 4) is 0 Å². The van der Waals surface area contributed by atoms with Gasteiger partial charge in [0.1, 0.15) is 11.6 Å². The highest BCUT2D eigenvalue weighted by molar-refractivity contribution is 5.21. The zero-order valence-electron chi connectivity index (χ0n) is 10.9. The minimum Gasteiger partial charge on any atom is -0.387 e. The molecule has 18 heavy (non-hydrogen) atoms. The van der Waals surface area contributed by atoms with Crippen LogP contribution < -0.4 is 5.32 Å². The molecular weight excluding hydrogens is 236 g/mol. The van der Waals surface area contributed by atoms with Crippen LogP contribution in [0.2, 0.25) is 0 Å². The van der Waals surface area contributed by atoms with Gasteiger partial charge in [-0.15, -0.1) is 0 Å². The van der Waals surface area contributed by atoms with E-state index >= 15 is 0 Å². The maximum absolute atomic E-state index is 13.3. The van der Waals surface area contributed by atoms with E-state index in [2.05, 4.69) is 19.2 Å². The van der Waals surface area contributed by atoms with Crippen LogP contribution in [0.1, 0.15) is 38.4 Å². The monoisotopic (exact) mass is 257 g/mol. The first-order valence-electron chi connectivity index (χ1n) is 6.34. The highest BCUT2D eigenvalue weighted by atomic mass is 19.1. The van der Waals surface area contributed by atoms with E-state index in [9.17, 15) is 13.9 Å². The van der Waals surface area contributed by atoms with Crippen molar-refractivity contribution < 1.29 is 13.9 Å². The Bertz CT molecular complexity index is 369. The first-order chi connectivity index (χ1) is 8.50. The van der Waals surface area contributed by atoms with Crippen molar-refractivity contribution in [2.75, 3.05) is 13.1 Å². The summed E-state index contributed by atoms with van der Waals surface area (Å²) in [4.78, 5) is 0. The number of aliphatic hydroxyl groups is 1. The molecule has 0 amide bonds. The molecule has 0 bridgehead atoms. The fourth-order valence-corrected chi connectivity index (χ4v) is 1.75. The first-order valence-corrected chi connectivity index (χ1v) is 6.34. The van der Waals surface area contributed by atoms with Gasteiger partial charge < -0.3 is 10.4 Å². The summed E-state index contributed by atoms with van der Waals surface area (Å²) < 4.78 is 26.3. The minimum atomic E-state index is -1.01. The summed E-state index contributed by atoms with van der Waals surface area (Å²) in [6.07, 6.45) is 1.10. The van der Waals surface area contributed by atoms with Gasteiger partial charge in [-0.3, -0.25) is 0 Å². The van der Waals surface area contributed by atoms with Gasteiger partial charge in [0.15, 0.2) is 0 Å². The van der Waals surface area contributed by atoms with Gasteiger partial charge in [0, 0.05) is 12.1 Å². The topological polar surface area (TPSA) is 32.3 Å². The summed E-state index contributed by atoms with van der Waals surface area (Å²) in [5.74, 6) is -0.462. The Morgan fingerprint density at radius 1 is 1.28 bits per heavy atom. The Morgan fingerprint density at radius 2 is 2.00 bits per heavy atom. The molecular formula is C14H21F2NO. The van der Waals surface area contributed by atoms with Crippen LogP contribution in [0, 0.1) is 17.6 Å². The van der Waals surface area contributed by atoms with Crippen LogP contribution in [0.5, 0.6) is 0 Å². The van der Waals surface area contributed by atoms with Crippen LogP contribution in [0.25, 0.3) is 0 Å². The predicted molar refractivity (Wildman–Crippen MR) is 68.3 cm³/mol. The van der Waals surface area contributed by atoms with E-state index in [4.69, 9.17) is 0 Å². The van der Waals surface area contributed by atoms with E-state index in [0.29, 0.717) is 5.92 Å². The molecule has 2 N–H and O–H groups in total. The Balaban J connectivity index is 2.36. The van der Waals surface area contributed by atoms with Gasteiger partial charge in [-0.05, 0) is 43.5 Å². The second-order valence-corrected chi connectivity index (χ2v) is 4.92. The van der Waals surface area contributed by atoms with E-state index in [1.54, 1.807) is 0 Å². The van der Waals surface area contributed by atoms with Gasteiger partial charge in [-0.25, -0.2) is 8.78 Å². The Morgan fingerprint density at radius 3 is 2.67 bits per heavy atom. The average Bonchev–Trinajstić information content (AvgIpc) is 2.31. The molecule has 0 saturated carbocycles. The Hall–Kier alpha value is -1.00. The van der Waals surface area contributed by atoms with Crippen LogP contribution in [0.15, 0.2) is 18.2 Å².